The summed E-state index contributed by atoms with van der Waals surface area (Å²) >= 11 is 0. The molecule has 1 aromatic heterocycles. The van der Waals surface area contributed by atoms with E-state index in [2.05, 4.69) is 15.2 Å². The van der Waals surface area contributed by atoms with Crippen molar-refractivity contribution in [1.29, 1.82) is 0 Å². The highest BCUT2D eigenvalue weighted by Crippen LogP contribution is 2.20. The van der Waals surface area contributed by atoms with Gasteiger partial charge in [0.05, 0.1) is 0 Å². The average molecular weight is 326 g/mol. The fourth-order valence-corrected chi connectivity index (χ4v) is 2.92. The van der Waals surface area contributed by atoms with Gasteiger partial charge in [-0.25, -0.2) is 4.98 Å². The molecule has 2 aromatic rings. The lowest BCUT2D eigenvalue weighted by Crippen LogP contribution is -2.25. The van der Waals surface area contributed by atoms with Gasteiger partial charge in [0.2, 0.25) is 0 Å². The number of hydrogen-bond acceptors (Lipinski definition) is 4. The van der Waals surface area contributed by atoms with Crippen molar-refractivity contribution in [3.63, 3.8) is 0 Å². The van der Waals surface area contributed by atoms with Crippen molar-refractivity contribution in [2.75, 3.05) is 23.3 Å². The molecule has 0 saturated carbocycles. The summed E-state index contributed by atoms with van der Waals surface area (Å²) in [6, 6.07) is 7.53. The number of hydrogen-bond donors (Lipinski definition) is 1. The number of rotatable bonds is 3. The van der Waals surface area contributed by atoms with Crippen LogP contribution in [0.4, 0.5) is 11.5 Å². The summed E-state index contributed by atoms with van der Waals surface area (Å²) in [5.74, 6) is -0.283. The predicted molar refractivity (Wildman–Crippen MR) is 94.6 cm³/mol. The van der Waals surface area contributed by atoms with Crippen molar-refractivity contribution >= 4 is 17.4 Å². The monoisotopic (exact) mass is 326 g/mol. The summed E-state index contributed by atoms with van der Waals surface area (Å²) < 4.78 is 1.38. The number of anilines is 2. The molecule has 1 amide bonds. The Morgan fingerprint density at radius 3 is 2.42 bits per heavy atom. The molecule has 0 bridgehead atoms. The molecule has 1 N–H and O–H groups in total. The van der Waals surface area contributed by atoms with Crippen LogP contribution >= 0.6 is 0 Å². The number of nitrogens with one attached hydrogen (secondary N) is 1. The van der Waals surface area contributed by atoms with Crippen LogP contribution in [0.3, 0.4) is 0 Å². The Labute approximate surface area is 141 Å². The zero-order valence-corrected chi connectivity index (χ0v) is 13.9. The molecule has 126 valence electrons. The van der Waals surface area contributed by atoms with E-state index < -0.39 is 0 Å². The number of benzene rings is 1. The zero-order valence-electron chi connectivity index (χ0n) is 13.9. The Morgan fingerprint density at radius 1 is 1.08 bits per heavy atom. The molecular formula is C18H22N4O2. The molecule has 1 fully saturated rings. The molecule has 0 radical (unpaired) electrons. The highest BCUT2D eigenvalue weighted by Gasteiger charge is 2.13. The lowest BCUT2D eigenvalue weighted by Gasteiger charge is -2.22. The third-order valence-corrected chi connectivity index (χ3v) is 4.35. The quantitative estimate of drug-likeness (QED) is 0.940. The fourth-order valence-electron chi connectivity index (χ4n) is 2.92. The smallest absolute Gasteiger partial charge is 0.293 e. The third-order valence-electron chi connectivity index (χ3n) is 4.35. The van der Waals surface area contributed by atoms with Crippen LogP contribution in [0.15, 0.2) is 41.5 Å². The Kier molecular flexibility index (Phi) is 4.93. The molecule has 1 aliphatic rings. The Morgan fingerprint density at radius 2 is 1.75 bits per heavy atom. The molecule has 24 heavy (non-hydrogen) atoms. The van der Waals surface area contributed by atoms with E-state index in [0.29, 0.717) is 5.56 Å². The lowest BCUT2D eigenvalue weighted by molar-refractivity contribution is 0.102. The van der Waals surface area contributed by atoms with E-state index in [1.54, 1.807) is 25.4 Å². The van der Waals surface area contributed by atoms with Crippen LogP contribution in [0, 0.1) is 0 Å². The van der Waals surface area contributed by atoms with Crippen LogP contribution in [0.1, 0.15) is 36.0 Å². The second-order valence-electron chi connectivity index (χ2n) is 6.09. The zero-order chi connectivity index (χ0) is 16.9. The van der Waals surface area contributed by atoms with Gasteiger partial charge < -0.3 is 14.8 Å². The van der Waals surface area contributed by atoms with Gasteiger partial charge >= 0.3 is 0 Å². The number of carbonyl (C=O) groups excluding carboxylic acids is 1. The molecule has 6 heteroatoms. The van der Waals surface area contributed by atoms with E-state index in [9.17, 15) is 9.59 Å². The van der Waals surface area contributed by atoms with Crippen LogP contribution in [-0.2, 0) is 7.05 Å². The standard InChI is InChI=1S/C18H22N4O2/c1-21-13-10-19-16(18(21)24)20-17(23)14-6-8-15(9-7-14)22-11-4-2-3-5-12-22/h6-10,13H,2-5,11-12H2,1H3,(H,19,20,23). The van der Waals surface area contributed by atoms with Crippen molar-refractivity contribution in [2.24, 2.45) is 7.05 Å². The predicted octanol–water partition coefficient (Wildman–Crippen LogP) is 2.41. The number of carbonyl (C=O) groups is 1. The van der Waals surface area contributed by atoms with E-state index in [4.69, 9.17) is 0 Å². The molecule has 0 aliphatic carbocycles. The normalized spacial score (nSPS) is 15.0. The first-order valence-electron chi connectivity index (χ1n) is 8.33. The van der Waals surface area contributed by atoms with Crippen molar-refractivity contribution < 1.29 is 4.79 Å². The highest BCUT2D eigenvalue weighted by atomic mass is 16.2. The maximum absolute atomic E-state index is 12.3. The Balaban J connectivity index is 1.71. The minimum atomic E-state index is -0.327. The maximum Gasteiger partial charge on any atom is 0.293 e. The van der Waals surface area contributed by atoms with E-state index in [1.807, 2.05) is 12.1 Å². The first kappa shape index (κ1) is 16.2. The molecule has 1 saturated heterocycles. The number of amides is 1. The minimum Gasteiger partial charge on any atom is -0.372 e. The minimum absolute atomic E-state index is 0.0431. The molecule has 0 spiro atoms. The van der Waals surface area contributed by atoms with Gasteiger partial charge in [0.1, 0.15) is 0 Å². The van der Waals surface area contributed by atoms with Crippen LogP contribution in [0.25, 0.3) is 0 Å². The second kappa shape index (κ2) is 7.29. The van der Waals surface area contributed by atoms with Gasteiger partial charge in [-0.1, -0.05) is 12.8 Å². The van der Waals surface area contributed by atoms with Crippen LogP contribution in [0.5, 0.6) is 0 Å². The average Bonchev–Trinajstić information content (AvgIpc) is 2.88. The van der Waals surface area contributed by atoms with Gasteiger partial charge in [-0.3, -0.25) is 9.59 Å². The van der Waals surface area contributed by atoms with Crippen LogP contribution in [0.2, 0.25) is 0 Å². The van der Waals surface area contributed by atoms with Crippen molar-refractivity contribution in [2.45, 2.75) is 25.7 Å². The topological polar surface area (TPSA) is 67.2 Å². The lowest BCUT2D eigenvalue weighted by atomic mass is 10.1. The van der Waals surface area contributed by atoms with E-state index in [0.717, 1.165) is 18.8 Å². The largest absolute Gasteiger partial charge is 0.372 e. The van der Waals surface area contributed by atoms with Crippen molar-refractivity contribution in [3.05, 3.63) is 52.6 Å². The van der Waals surface area contributed by atoms with Gasteiger partial charge in [-0.2, -0.15) is 0 Å². The highest BCUT2D eigenvalue weighted by molar-refractivity contribution is 6.03. The third kappa shape index (κ3) is 3.64. The summed E-state index contributed by atoms with van der Waals surface area (Å²) in [6.07, 6.45) is 8.04. The Bertz CT molecular complexity index is 759. The molecule has 2 heterocycles. The summed E-state index contributed by atoms with van der Waals surface area (Å²) in [4.78, 5) is 30.5. The van der Waals surface area contributed by atoms with Crippen molar-refractivity contribution in [1.82, 2.24) is 9.55 Å². The number of nitrogens with zero attached hydrogens (tertiary/aromatic N) is 3. The maximum atomic E-state index is 12.3. The molecule has 1 aliphatic heterocycles. The van der Waals surface area contributed by atoms with Gasteiger partial charge in [-0.05, 0) is 37.1 Å². The molecular weight excluding hydrogens is 304 g/mol. The summed E-state index contributed by atoms with van der Waals surface area (Å²) in [5, 5.41) is 2.58. The molecule has 1 aromatic carbocycles. The van der Waals surface area contributed by atoms with Gasteiger partial charge in [-0.15, -0.1) is 0 Å². The van der Waals surface area contributed by atoms with Gasteiger partial charge in [0.25, 0.3) is 11.5 Å². The number of aromatic nitrogens is 2. The first-order valence-corrected chi connectivity index (χ1v) is 8.33. The molecule has 3 rings (SSSR count). The fraction of sp³-hybridized carbons (Fsp3) is 0.389. The van der Waals surface area contributed by atoms with Gasteiger partial charge in [0, 0.05) is 43.8 Å². The molecule has 0 atom stereocenters. The Hall–Kier alpha value is -2.63. The van der Waals surface area contributed by atoms with E-state index >= 15 is 0 Å². The van der Waals surface area contributed by atoms with Crippen LogP contribution in [-0.4, -0.2) is 28.5 Å². The van der Waals surface area contributed by atoms with E-state index in [-0.39, 0.29) is 17.3 Å². The molecule has 0 unspecified atom stereocenters. The second-order valence-corrected chi connectivity index (χ2v) is 6.09. The molecule has 6 nitrogen and oxygen atoms in total. The van der Waals surface area contributed by atoms with Gasteiger partial charge in [0.15, 0.2) is 5.82 Å². The summed E-state index contributed by atoms with van der Waals surface area (Å²) in [6.45, 7) is 2.13. The summed E-state index contributed by atoms with van der Waals surface area (Å²) in [5.41, 5.74) is 1.33. The number of aryl methyl sites for hydroxylation is 1. The SMILES string of the molecule is Cn1ccnc(NC(=O)c2ccc(N3CCCCCC3)cc2)c1=O. The van der Waals surface area contributed by atoms with E-state index in [1.165, 1.54) is 36.4 Å². The van der Waals surface area contributed by atoms with Crippen LogP contribution < -0.4 is 15.8 Å². The van der Waals surface area contributed by atoms with Crippen molar-refractivity contribution in [3.8, 4) is 0 Å². The summed E-state index contributed by atoms with van der Waals surface area (Å²) in [7, 11) is 1.62. The first-order chi connectivity index (χ1) is 11.6.